The normalized spacial score (nSPS) is 10.7. The number of nitrogens with zero attached hydrogens (tertiary/aromatic N) is 1. The van der Waals surface area contributed by atoms with Crippen LogP contribution in [0.4, 0.5) is 5.69 Å². The molecule has 0 aliphatic rings. The fourth-order valence-corrected chi connectivity index (χ4v) is 2.05. The molecule has 0 fully saturated rings. The van der Waals surface area contributed by atoms with Crippen molar-refractivity contribution in [3.05, 3.63) is 60.3 Å². The summed E-state index contributed by atoms with van der Waals surface area (Å²) in [6.07, 6.45) is 1.72. The minimum atomic E-state index is -0.172. The Labute approximate surface area is 121 Å². The van der Waals surface area contributed by atoms with Gasteiger partial charge in [0.1, 0.15) is 6.61 Å². The van der Waals surface area contributed by atoms with Gasteiger partial charge in [-0.25, -0.2) is 0 Å². The molecule has 0 aliphatic heterocycles. The molecule has 0 radical (unpaired) electrons. The van der Waals surface area contributed by atoms with E-state index in [2.05, 4.69) is 15.5 Å². The number of H-pyrrole nitrogens is 1. The molecule has 0 unspecified atom stereocenters. The average Bonchev–Trinajstić information content (AvgIpc) is 2.96. The number of carbonyl (C=O) groups excluding carboxylic acids is 1. The molecule has 1 aromatic heterocycles. The molecule has 0 spiro atoms. The Hall–Kier alpha value is -2.66. The topological polar surface area (TPSA) is 67.0 Å². The molecule has 1 amide bonds. The second-order valence-corrected chi connectivity index (χ2v) is 4.70. The molecule has 0 aliphatic carbocycles. The van der Waals surface area contributed by atoms with Crippen LogP contribution >= 0.6 is 0 Å². The van der Waals surface area contributed by atoms with Gasteiger partial charge >= 0.3 is 0 Å². The zero-order valence-corrected chi connectivity index (χ0v) is 11.4. The van der Waals surface area contributed by atoms with Crippen LogP contribution in [-0.2, 0) is 16.1 Å². The lowest BCUT2D eigenvalue weighted by atomic mass is 10.2. The van der Waals surface area contributed by atoms with Crippen LogP contribution in [0.3, 0.4) is 0 Å². The SMILES string of the molecule is O=C(COCc1ccccc1)Nc1ccc2[nH]ncc2c1. The predicted molar refractivity (Wildman–Crippen MR) is 80.8 cm³/mol. The van der Waals surface area contributed by atoms with Crippen molar-refractivity contribution in [2.24, 2.45) is 0 Å². The van der Waals surface area contributed by atoms with Crippen LogP contribution in [0.2, 0.25) is 0 Å². The maximum atomic E-state index is 11.8. The van der Waals surface area contributed by atoms with E-state index in [-0.39, 0.29) is 12.5 Å². The predicted octanol–water partition coefficient (Wildman–Crippen LogP) is 2.72. The van der Waals surface area contributed by atoms with Crippen molar-refractivity contribution in [2.75, 3.05) is 11.9 Å². The van der Waals surface area contributed by atoms with Gasteiger partial charge in [-0.2, -0.15) is 5.10 Å². The van der Waals surface area contributed by atoms with Crippen LogP contribution < -0.4 is 5.32 Å². The Bertz CT molecular complexity index is 737. The van der Waals surface area contributed by atoms with Crippen LogP contribution in [0, 0.1) is 0 Å². The Kier molecular flexibility index (Phi) is 3.93. The van der Waals surface area contributed by atoms with Crippen molar-refractivity contribution in [1.82, 2.24) is 10.2 Å². The molecule has 2 aromatic carbocycles. The number of aromatic amines is 1. The summed E-state index contributed by atoms with van der Waals surface area (Å²) < 4.78 is 5.40. The molecule has 3 aromatic rings. The summed E-state index contributed by atoms with van der Waals surface area (Å²) in [6, 6.07) is 15.3. The van der Waals surface area contributed by atoms with Crippen molar-refractivity contribution in [3.63, 3.8) is 0 Å². The van der Waals surface area contributed by atoms with Gasteiger partial charge in [0.15, 0.2) is 0 Å². The molecule has 0 atom stereocenters. The van der Waals surface area contributed by atoms with Crippen molar-refractivity contribution >= 4 is 22.5 Å². The second-order valence-electron chi connectivity index (χ2n) is 4.70. The Morgan fingerprint density at radius 1 is 1.19 bits per heavy atom. The molecule has 0 saturated carbocycles. The first-order chi connectivity index (χ1) is 10.3. The molecule has 5 nitrogen and oxygen atoms in total. The number of anilines is 1. The number of fused-ring (bicyclic) bond motifs is 1. The van der Waals surface area contributed by atoms with Crippen molar-refractivity contribution in [2.45, 2.75) is 6.61 Å². The molecule has 5 heteroatoms. The zero-order chi connectivity index (χ0) is 14.5. The summed E-state index contributed by atoms with van der Waals surface area (Å²) in [4.78, 5) is 11.8. The highest BCUT2D eigenvalue weighted by atomic mass is 16.5. The van der Waals surface area contributed by atoms with Gasteiger partial charge in [-0.05, 0) is 23.8 Å². The van der Waals surface area contributed by atoms with E-state index in [1.807, 2.05) is 48.5 Å². The number of hydrogen-bond donors (Lipinski definition) is 2. The van der Waals surface area contributed by atoms with E-state index in [4.69, 9.17) is 4.74 Å². The van der Waals surface area contributed by atoms with Crippen LogP contribution in [-0.4, -0.2) is 22.7 Å². The third-order valence-electron chi connectivity index (χ3n) is 3.07. The Morgan fingerprint density at radius 2 is 2.05 bits per heavy atom. The molecular formula is C16H15N3O2. The Morgan fingerprint density at radius 3 is 2.90 bits per heavy atom. The van der Waals surface area contributed by atoms with Crippen molar-refractivity contribution in [1.29, 1.82) is 0 Å². The lowest BCUT2D eigenvalue weighted by Crippen LogP contribution is -2.18. The van der Waals surface area contributed by atoms with Gasteiger partial charge in [-0.1, -0.05) is 30.3 Å². The summed E-state index contributed by atoms with van der Waals surface area (Å²) in [6.45, 7) is 0.452. The summed E-state index contributed by atoms with van der Waals surface area (Å²) in [7, 11) is 0. The molecule has 2 N–H and O–H groups in total. The van der Waals surface area contributed by atoms with Crippen LogP contribution in [0.15, 0.2) is 54.7 Å². The second kappa shape index (κ2) is 6.19. The number of ether oxygens (including phenoxy) is 1. The summed E-state index contributed by atoms with van der Waals surface area (Å²) in [5, 5.41) is 10.6. The smallest absolute Gasteiger partial charge is 0.250 e. The van der Waals surface area contributed by atoms with Crippen LogP contribution in [0.5, 0.6) is 0 Å². The molecule has 106 valence electrons. The van der Waals surface area contributed by atoms with Gasteiger partial charge in [0.25, 0.3) is 0 Å². The number of benzene rings is 2. The molecule has 0 saturated heterocycles. The van der Waals surface area contributed by atoms with E-state index in [1.165, 1.54) is 0 Å². The van der Waals surface area contributed by atoms with Gasteiger partial charge in [-0.15, -0.1) is 0 Å². The van der Waals surface area contributed by atoms with Crippen molar-refractivity contribution in [3.8, 4) is 0 Å². The number of hydrogen-bond acceptors (Lipinski definition) is 3. The molecule has 0 bridgehead atoms. The van der Waals surface area contributed by atoms with E-state index in [0.29, 0.717) is 6.61 Å². The zero-order valence-electron chi connectivity index (χ0n) is 11.4. The monoisotopic (exact) mass is 281 g/mol. The number of aromatic nitrogens is 2. The third-order valence-corrected chi connectivity index (χ3v) is 3.07. The van der Waals surface area contributed by atoms with Gasteiger partial charge < -0.3 is 10.1 Å². The minimum Gasteiger partial charge on any atom is -0.367 e. The van der Waals surface area contributed by atoms with Crippen molar-refractivity contribution < 1.29 is 9.53 Å². The highest BCUT2D eigenvalue weighted by Gasteiger charge is 2.04. The first-order valence-corrected chi connectivity index (χ1v) is 6.66. The largest absolute Gasteiger partial charge is 0.367 e. The fourth-order valence-electron chi connectivity index (χ4n) is 2.05. The first-order valence-electron chi connectivity index (χ1n) is 6.66. The van der Waals surface area contributed by atoms with Gasteiger partial charge in [0.05, 0.1) is 18.3 Å². The summed E-state index contributed by atoms with van der Waals surface area (Å²) >= 11 is 0. The third kappa shape index (κ3) is 3.46. The standard InChI is InChI=1S/C16H15N3O2/c20-16(11-21-10-12-4-2-1-3-5-12)18-14-6-7-15-13(8-14)9-17-19-15/h1-9H,10-11H2,(H,17,19)(H,18,20). The molecule has 21 heavy (non-hydrogen) atoms. The molecule has 3 rings (SSSR count). The van der Waals surface area contributed by atoms with E-state index in [9.17, 15) is 4.79 Å². The summed E-state index contributed by atoms with van der Waals surface area (Å²) in [5.41, 5.74) is 2.72. The summed E-state index contributed by atoms with van der Waals surface area (Å²) in [5.74, 6) is -0.172. The van der Waals surface area contributed by atoms with E-state index in [1.54, 1.807) is 6.20 Å². The van der Waals surface area contributed by atoms with Gasteiger partial charge in [-0.3, -0.25) is 9.89 Å². The lowest BCUT2D eigenvalue weighted by Gasteiger charge is -2.06. The number of rotatable bonds is 5. The van der Waals surface area contributed by atoms with Crippen LogP contribution in [0.25, 0.3) is 10.9 Å². The van der Waals surface area contributed by atoms with E-state index in [0.717, 1.165) is 22.2 Å². The highest BCUT2D eigenvalue weighted by molar-refractivity contribution is 5.94. The number of nitrogens with one attached hydrogen (secondary N) is 2. The maximum Gasteiger partial charge on any atom is 0.250 e. The van der Waals surface area contributed by atoms with Crippen LogP contribution in [0.1, 0.15) is 5.56 Å². The first kappa shape index (κ1) is 13.3. The number of amides is 1. The molecular weight excluding hydrogens is 266 g/mol. The minimum absolute atomic E-state index is 0.0261. The average molecular weight is 281 g/mol. The Balaban J connectivity index is 1.51. The highest BCUT2D eigenvalue weighted by Crippen LogP contribution is 2.16. The molecule has 1 heterocycles. The van der Waals surface area contributed by atoms with Gasteiger partial charge in [0, 0.05) is 11.1 Å². The fraction of sp³-hybridized carbons (Fsp3) is 0.125. The maximum absolute atomic E-state index is 11.8. The quantitative estimate of drug-likeness (QED) is 0.755. The van der Waals surface area contributed by atoms with Gasteiger partial charge in [0.2, 0.25) is 5.91 Å². The van der Waals surface area contributed by atoms with E-state index >= 15 is 0 Å². The number of carbonyl (C=O) groups is 1. The lowest BCUT2D eigenvalue weighted by molar-refractivity contribution is -0.121. The van der Waals surface area contributed by atoms with E-state index < -0.39 is 0 Å².